The standard InChI is InChI=1S/C48H26F12N4/c49-45(50,51)29-9-1-5-25(21-29)41-33-13-15-35(61-33)42(26-6-2-10-30(22-26)46(52,53)54)37-17-19-39(63-37)44(28-8-4-12-32(24-28)48(58,59)60)40-20-18-38(64-40)43(36-16-14-34(41)62-36)27-7-3-11-31(23-27)47(55,56)57/h1-24,61,64H. The lowest BCUT2D eigenvalue weighted by molar-refractivity contribution is -0.138. The van der Waals surface area contributed by atoms with Crippen LogP contribution in [0.25, 0.3) is 90.9 Å². The van der Waals surface area contributed by atoms with Crippen LogP contribution in [0.3, 0.4) is 0 Å². The van der Waals surface area contributed by atoms with E-state index in [1.165, 1.54) is 97.1 Å². The SMILES string of the molecule is FC(F)(F)c1cccc(-c2c3nc(c(-c4cccc(C(F)(F)F)c4)c4ccc([nH]4)c(-c4cccc(C(F)(F)F)c4)c4nc(c(-c5cccc(C(F)(F)F)c5)c5ccc2[nH]5)C=C4)C=C3)c1. The first-order chi connectivity index (χ1) is 30.2. The van der Waals surface area contributed by atoms with E-state index in [1.807, 2.05) is 0 Å². The van der Waals surface area contributed by atoms with E-state index in [2.05, 4.69) is 9.97 Å². The fourth-order valence-electron chi connectivity index (χ4n) is 7.82. The Labute approximate surface area is 353 Å². The molecule has 4 nitrogen and oxygen atoms in total. The van der Waals surface area contributed by atoms with Crippen molar-refractivity contribution in [1.82, 2.24) is 19.9 Å². The second-order valence-corrected chi connectivity index (χ2v) is 14.8. The van der Waals surface area contributed by atoms with Gasteiger partial charge >= 0.3 is 24.7 Å². The van der Waals surface area contributed by atoms with E-state index < -0.39 is 47.0 Å². The number of hydrogen-bond acceptors (Lipinski definition) is 2. The minimum Gasteiger partial charge on any atom is -0.354 e. The van der Waals surface area contributed by atoms with Gasteiger partial charge in [-0.25, -0.2) is 9.97 Å². The first kappa shape index (κ1) is 42.0. The summed E-state index contributed by atoms with van der Waals surface area (Å²) < 4.78 is 170. The number of alkyl halides is 12. The molecule has 0 saturated heterocycles. The van der Waals surface area contributed by atoms with Crippen molar-refractivity contribution < 1.29 is 52.7 Å². The number of benzene rings is 4. The van der Waals surface area contributed by atoms with Crippen molar-refractivity contribution in [2.24, 2.45) is 0 Å². The van der Waals surface area contributed by atoms with Gasteiger partial charge in [0, 0.05) is 44.3 Å². The van der Waals surface area contributed by atoms with Crippen LogP contribution in [0.2, 0.25) is 0 Å². The summed E-state index contributed by atoms with van der Waals surface area (Å²) in [4.78, 5) is 15.9. The third kappa shape index (κ3) is 7.95. The molecule has 2 aliphatic rings. The number of H-pyrrole nitrogens is 2. The van der Waals surface area contributed by atoms with Crippen LogP contribution in [0.15, 0.2) is 121 Å². The molecule has 9 rings (SSSR count). The van der Waals surface area contributed by atoms with Crippen molar-refractivity contribution in [3.63, 3.8) is 0 Å². The number of aromatic amines is 2. The number of aromatic nitrogens is 4. The zero-order valence-corrected chi connectivity index (χ0v) is 32.3. The zero-order chi connectivity index (χ0) is 45.3. The smallest absolute Gasteiger partial charge is 0.354 e. The topological polar surface area (TPSA) is 57.4 Å². The number of halogens is 12. The number of fused-ring (bicyclic) bond motifs is 8. The summed E-state index contributed by atoms with van der Waals surface area (Å²) in [6.07, 6.45) is -13.2. The van der Waals surface area contributed by atoms with Crippen LogP contribution in [-0.2, 0) is 24.7 Å². The summed E-state index contributed by atoms with van der Waals surface area (Å²) >= 11 is 0. The molecule has 0 saturated carbocycles. The third-order valence-electron chi connectivity index (χ3n) is 10.7. The first-order valence-electron chi connectivity index (χ1n) is 19.1. The van der Waals surface area contributed by atoms with Crippen LogP contribution in [0.5, 0.6) is 0 Å². The Morgan fingerprint density at radius 3 is 0.719 bits per heavy atom. The van der Waals surface area contributed by atoms with E-state index >= 15 is 0 Å². The van der Waals surface area contributed by atoms with Crippen molar-refractivity contribution in [3.05, 3.63) is 166 Å². The minimum absolute atomic E-state index is 0.0199. The molecule has 3 aromatic heterocycles. The largest absolute Gasteiger partial charge is 0.416 e. The lowest BCUT2D eigenvalue weighted by Crippen LogP contribution is -2.04. The van der Waals surface area contributed by atoms with Crippen molar-refractivity contribution in [1.29, 1.82) is 0 Å². The van der Waals surface area contributed by atoms with Crippen LogP contribution in [-0.4, -0.2) is 19.9 Å². The van der Waals surface area contributed by atoms with E-state index in [1.54, 1.807) is 0 Å². The van der Waals surface area contributed by atoms with E-state index in [-0.39, 0.29) is 89.4 Å². The Kier molecular flexibility index (Phi) is 9.95. The molecule has 0 spiro atoms. The van der Waals surface area contributed by atoms with Crippen LogP contribution in [0.1, 0.15) is 45.0 Å². The normalized spacial score (nSPS) is 13.2. The summed E-state index contributed by atoms with van der Waals surface area (Å²) in [5.41, 5.74) is -2.64. The number of hydrogen-bond donors (Lipinski definition) is 2. The van der Waals surface area contributed by atoms with Gasteiger partial charge in [-0.1, -0.05) is 48.5 Å². The third-order valence-corrected chi connectivity index (χ3v) is 10.7. The van der Waals surface area contributed by atoms with Crippen molar-refractivity contribution in [2.45, 2.75) is 24.7 Å². The number of nitrogens with zero attached hydrogens (tertiary/aromatic N) is 2. The summed E-state index contributed by atoms with van der Waals surface area (Å²) in [6.45, 7) is 0. The van der Waals surface area contributed by atoms with Gasteiger partial charge in [-0.05, 0) is 119 Å². The zero-order valence-electron chi connectivity index (χ0n) is 32.3. The van der Waals surface area contributed by atoms with Gasteiger partial charge in [-0.2, -0.15) is 52.7 Å². The van der Waals surface area contributed by atoms with Gasteiger partial charge in [0.25, 0.3) is 0 Å². The van der Waals surface area contributed by atoms with Crippen LogP contribution in [0, 0.1) is 0 Å². The molecule has 0 unspecified atom stereocenters. The maximum Gasteiger partial charge on any atom is 0.416 e. The molecule has 0 atom stereocenters. The Bertz CT molecular complexity index is 2810. The van der Waals surface area contributed by atoms with Gasteiger partial charge in [-0.3, -0.25) is 0 Å². The summed E-state index contributed by atoms with van der Waals surface area (Å²) in [7, 11) is 0. The van der Waals surface area contributed by atoms with Crippen LogP contribution in [0.4, 0.5) is 52.7 Å². The molecular weight excluding hydrogens is 861 g/mol. The second-order valence-electron chi connectivity index (χ2n) is 14.8. The van der Waals surface area contributed by atoms with Crippen molar-refractivity contribution in [2.75, 3.05) is 0 Å². The highest BCUT2D eigenvalue weighted by Crippen LogP contribution is 2.42. The van der Waals surface area contributed by atoms with Gasteiger partial charge in [0.2, 0.25) is 0 Å². The fourth-order valence-corrected chi connectivity index (χ4v) is 7.82. The van der Waals surface area contributed by atoms with E-state index in [0.717, 1.165) is 48.5 Å². The molecule has 64 heavy (non-hydrogen) atoms. The van der Waals surface area contributed by atoms with Gasteiger partial charge in [0.15, 0.2) is 0 Å². The van der Waals surface area contributed by atoms with Gasteiger partial charge in [0.05, 0.1) is 45.0 Å². The lowest BCUT2D eigenvalue weighted by Gasteiger charge is -2.11. The molecule has 7 aromatic rings. The van der Waals surface area contributed by atoms with Crippen molar-refractivity contribution >= 4 is 46.4 Å². The second kappa shape index (κ2) is 15.2. The average molecular weight is 887 g/mol. The molecule has 8 bridgehead atoms. The van der Waals surface area contributed by atoms with E-state index in [4.69, 9.17) is 9.97 Å². The molecule has 16 heteroatoms. The van der Waals surface area contributed by atoms with Gasteiger partial charge < -0.3 is 9.97 Å². The van der Waals surface area contributed by atoms with E-state index in [9.17, 15) is 52.7 Å². The Hall–Kier alpha value is -7.36. The molecule has 4 aromatic carbocycles. The quantitative estimate of drug-likeness (QED) is 0.173. The van der Waals surface area contributed by atoms with Crippen LogP contribution < -0.4 is 0 Å². The molecule has 2 aliphatic heterocycles. The minimum atomic E-state index is -4.77. The monoisotopic (exact) mass is 886 g/mol. The highest BCUT2D eigenvalue weighted by Gasteiger charge is 2.34. The highest BCUT2D eigenvalue weighted by molar-refractivity contribution is 6.00. The molecule has 322 valence electrons. The number of rotatable bonds is 4. The first-order valence-corrected chi connectivity index (χ1v) is 19.1. The summed E-state index contributed by atoms with van der Waals surface area (Å²) in [6, 6.07) is 23.4. The Morgan fingerprint density at radius 1 is 0.297 bits per heavy atom. The predicted molar refractivity (Wildman–Crippen MR) is 221 cm³/mol. The predicted octanol–water partition coefficient (Wildman–Crippen LogP) is 15.4. The molecule has 2 N–H and O–H groups in total. The van der Waals surface area contributed by atoms with E-state index in [0.29, 0.717) is 0 Å². The highest BCUT2D eigenvalue weighted by atomic mass is 19.4. The maximum atomic E-state index is 14.2. The average Bonchev–Trinajstić information content (AvgIpc) is 4.08. The summed E-state index contributed by atoms with van der Waals surface area (Å²) in [5.74, 6) is 0. The molecule has 0 radical (unpaired) electrons. The fraction of sp³-hybridized carbons (Fsp3) is 0.0833. The molecule has 0 fully saturated rings. The molecule has 0 aliphatic carbocycles. The molecular formula is C48H26F12N4. The van der Waals surface area contributed by atoms with Gasteiger partial charge in [-0.15, -0.1) is 0 Å². The Morgan fingerprint density at radius 2 is 0.516 bits per heavy atom. The number of nitrogens with one attached hydrogen (secondary N) is 2. The Balaban J connectivity index is 1.47. The molecule has 0 amide bonds. The lowest BCUT2D eigenvalue weighted by atomic mass is 10.0. The van der Waals surface area contributed by atoms with Crippen LogP contribution >= 0.6 is 0 Å². The maximum absolute atomic E-state index is 14.2. The molecule has 5 heterocycles. The summed E-state index contributed by atoms with van der Waals surface area (Å²) in [5, 5.41) is 0. The van der Waals surface area contributed by atoms with Gasteiger partial charge in [0.1, 0.15) is 0 Å². The van der Waals surface area contributed by atoms with Crippen molar-refractivity contribution in [3.8, 4) is 44.5 Å².